The van der Waals surface area contributed by atoms with Crippen molar-refractivity contribution < 1.29 is 4.79 Å². The molecule has 2 rings (SSSR count). The number of hydrogen-bond acceptors (Lipinski definition) is 2. The lowest BCUT2D eigenvalue weighted by Gasteiger charge is -2.20. The van der Waals surface area contributed by atoms with Crippen molar-refractivity contribution in [3.63, 3.8) is 0 Å². The van der Waals surface area contributed by atoms with E-state index in [-0.39, 0.29) is 5.91 Å². The van der Waals surface area contributed by atoms with E-state index in [4.69, 9.17) is 11.6 Å². The van der Waals surface area contributed by atoms with Gasteiger partial charge < -0.3 is 4.90 Å². The molecular weight excluding hydrogens is 266 g/mol. The topological polar surface area (TPSA) is 20.3 Å². The molecule has 0 saturated carbocycles. The predicted octanol–water partition coefficient (Wildman–Crippen LogP) is 4.38. The summed E-state index contributed by atoms with van der Waals surface area (Å²) in [4.78, 5) is 14.8. The van der Waals surface area contributed by atoms with Crippen LogP contribution in [0.25, 0.3) is 0 Å². The molecule has 4 heteroatoms. The highest BCUT2D eigenvalue weighted by Gasteiger charge is 2.17. The summed E-state index contributed by atoms with van der Waals surface area (Å²) in [6.45, 7) is 4.63. The number of thiophene rings is 1. The fourth-order valence-corrected chi connectivity index (χ4v) is 2.72. The Morgan fingerprint density at radius 3 is 2.39 bits per heavy atom. The van der Waals surface area contributed by atoms with Crippen molar-refractivity contribution in [3.05, 3.63) is 51.2 Å². The molecule has 1 amide bonds. The van der Waals surface area contributed by atoms with Gasteiger partial charge in [-0.15, -0.1) is 11.3 Å². The third kappa shape index (κ3) is 2.74. The highest BCUT2D eigenvalue weighted by atomic mass is 35.5. The lowest BCUT2D eigenvalue weighted by molar-refractivity contribution is 0.0992. The number of amides is 1. The van der Waals surface area contributed by atoms with Crippen LogP contribution in [-0.2, 0) is 0 Å². The molecule has 0 unspecified atom stereocenters. The number of rotatable bonds is 3. The third-order valence-corrected chi connectivity index (χ3v) is 3.91. The summed E-state index contributed by atoms with van der Waals surface area (Å²) < 4.78 is 0.637. The SMILES string of the molecule is CCN(C(=O)c1ccc(Cl)s1)c1ccc(C)cc1. The van der Waals surface area contributed by atoms with Crippen LogP contribution >= 0.6 is 22.9 Å². The van der Waals surface area contributed by atoms with Gasteiger partial charge in [-0.25, -0.2) is 0 Å². The Labute approximate surface area is 116 Å². The maximum Gasteiger partial charge on any atom is 0.268 e. The first-order valence-corrected chi connectivity index (χ1v) is 6.95. The molecule has 1 aromatic carbocycles. The van der Waals surface area contributed by atoms with Gasteiger partial charge in [-0.3, -0.25) is 4.79 Å². The van der Waals surface area contributed by atoms with Crippen LogP contribution in [0.1, 0.15) is 22.2 Å². The maximum absolute atomic E-state index is 12.4. The second-order valence-corrected chi connectivity index (χ2v) is 5.70. The molecule has 0 saturated heterocycles. The van der Waals surface area contributed by atoms with E-state index >= 15 is 0 Å². The first kappa shape index (κ1) is 13.1. The quantitative estimate of drug-likeness (QED) is 0.817. The van der Waals surface area contributed by atoms with Crippen molar-refractivity contribution in [2.24, 2.45) is 0 Å². The zero-order chi connectivity index (χ0) is 13.1. The molecule has 0 aliphatic rings. The molecule has 0 fully saturated rings. The fraction of sp³-hybridized carbons (Fsp3) is 0.214. The van der Waals surface area contributed by atoms with Gasteiger partial charge in [0.1, 0.15) is 0 Å². The molecule has 0 bridgehead atoms. The number of carbonyl (C=O) groups is 1. The molecule has 2 aromatic rings. The normalized spacial score (nSPS) is 10.4. The summed E-state index contributed by atoms with van der Waals surface area (Å²) in [7, 11) is 0. The minimum Gasteiger partial charge on any atom is -0.308 e. The number of anilines is 1. The van der Waals surface area contributed by atoms with Gasteiger partial charge in [-0.1, -0.05) is 29.3 Å². The fourth-order valence-electron chi connectivity index (χ4n) is 1.73. The second kappa shape index (κ2) is 5.55. The van der Waals surface area contributed by atoms with Gasteiger partial charge >= 0.3 is 0 Å². The number of benzene rings is 1. The van der Waals surface area contributed by atoms with Crippen LogP contribution in [0.5, 0.6) is 0 Å². The van der Waals surface area contributed by atoms with E-state index in [1.54, 1.807) is 17.0 Å². The highest BCUT2D eigenvalue weighted by Crippen LogP contribution is 2.25. The van der Waals surface area contributed by atoms with Crippen molar-refractivity contribution in [2.45, 2.75) is 13.8 Å². The van der Waals surface area contributed by atoms with Crippen LogP contribution in [-0.4, -0.2) is 12.5 Å². The minimum absolute atomic E-state index is 0.00162. The Morgan fingerprint density at radius 1 is 1.22 bits per heavy atom. The molecule has 2 nitrogen and oxygen atoms in total. The van der Waals surface area contributed by atoms with Crippen molar-refractivity contribution in [1.29, 1.82) is 0 Å². The molecule has 94 valence electrons. The summed E-state index contributed by atoms with van der Waals surface area (Å²) in [6.07, 6.45) is 0. The highest BCUT2D eigenvalue weighted by molar-refractivity contribution is 7.18. The Hall–Kier alpha value is -1.32. The Kier molecular flexibility index (Phi) is 4.04. The van der Waals surface area contributed by atoms with E-state index in [9.17, 15) is 4.79 Å². The van der Waals surface area contributed by atoms with Crippen LogP contribution in [0.3, 0.4) is 0 Å². The largest absolute Gasteiger partial charge is 0.308 e. The van der Waals surface area contributed by atoms with E-state index in [0.717, 1.165) is 5.69 Å². The van der Waals surface area contributed by atoms with Crippen LogP contribution in [0.4, 0.5) is 5.69 Å². The molecule has 1 heterocycles. The lowest BCUT2D eigenvalue weighted by Crippen LogP contribution is -2.29. The first-order chi connectivity index (χ1) is 8.61. The van der Waals surface area contributed by atoms with Gasteiger partial charge in [0.2, 0.25) is 0 Å². The summed E-state index contributed by atoms with van der Waals surface area (Å²) in [5, 5.41) is 0. The van der Waals surface area contributed by atoms with Gasteiger partial charge in [-0.05, 0) is 38.1 Å². The summed E-state index contributed by atoms with van der Waals surface area (Å²) in [6, 6.07) is 11.5. The number of halogens is 1. The van der Waals surface area contributed by atoms with E-state index in [0.29, 0.717) is 15.8 Å². The zero-order valence-electron chi connectivity index (χ0n) is 10.3. The molecular formula is C14H14ClNOS. The summed E-state index contributed by atoms with van der Waals surface area (Å²) >= 11 is 7.18. The molecule has 0 radical (unpaired) electrons. The van der Waals surface area contributed by atoms with Gasteiger partial charge in [0.15, 0.2) is 0 Å². The van der Waals surface area contributed by atoms with Gasteiger partial charge in [-0.2, -0.15) is 0 Å². The Bertz CT molecular complexity index is 547. The second-order valence-electron chi connectivity index (χ2n) is 3.99. The van der Waals surface area contributed by atoms with Gasteiger partial charge in [0, 0.05) is 12.2 Å². The van der Waals surface area contributed by atoms with Crippen LogP contribution in [0.15, 0.2) is 36.4 Å². The zero-order valence-corrected chi connectivity index (χ0v) is 11.9. The molecule has 0 spiro atoms. The standard InChI is InChI=1S/C14H14ClNOS/c1-3-16(11-6-4-10(2)5-7-11)14(17)12-8-9-13(15)18-12/h4-9H,3H2,1-2H3. The predicted molar refractivity (Wildman–Crippen MR) is 77.9 cm³/mol. The lowest BCUT2D eigenvalue weighted by atomic mass is 10.2. The molecule has 1 aromatic heterocycles. The van der Waals surface area contributed by atoms with E-state index in [1.807, 2.05) is 38.1 Å². The molecule has 0 N–H and O–H groups in total. The van der Waals surface area contributed by atoms with E-state index in [1.165, 1.54) is 16.9 Å². The third-order valence-electron chi connectivity index (χ3n) is 2.69. The average molecular weight is 280 g/mol. The molecule has 0 aliphatic carbocycles. The Balaban J connectivity index is 2.28. The number of aryl methyl sites for hydroxylation is 1. The number of carbonyl (C=O) groups excluding carboxylic acids is 1. The number of nitrogens with zero attached hydrogens (tertiary/aromatic N) is 1. The van der Waals surface area contributed by atoms with Crippen molar-refractivity contribution in [3.8, 4) is 0 Å². The van der Waals surface area contributed by atoms with Crippen LogP contribution in [0, 0.1) is 6.92 Å². The van der Waals surface area contributed by atoms with Crippen molar-refractivity contribution in [2.75, 3.05) is 11.4 Å². The summed E-state index contributed by atoms with van der Waals surface area (Å²) in [5.74, 6) is -0.00162. The van der Waals surface area contributed by atoms with Crippen LogP contribution in [0.2, 0.25) is 4.34 Å². The van der Waals surface area contributed by atoms with Crippen molar-refractivity contribution in [1.82, 2.24) is 0 Å². The van der Waals surface area contributed by atoms with E-state index < -0.39 is 0 Å². The van der Waals surface area contributed by atoms with E-state index in [2.05, 4.69) is 0 Å². The average Bonchev–Trinajstić information content (AvgIpc) is 2.79. The minimum atomic E-state index is -0.00162. The smallest absolute Gasteiger partial charge is 0.268 e. The maximum atomic E-state index is 12.4. The van der Waals surface area contributed by atoms with Gasteiger partial charge in [0.05, 0.1) is 9.21 Å². The number of hydrogen-bond donors (Lipinski definition) is 0. The molecule has 18 heavy (non-hydrogen) atoms. The Morgan fingerprint density at radius 2 is 1.89 bits per heavy atom. The molecule has 0 aliphatic heterocycles. The first-order valence-electron chi connectivity index (χ1n) is 5.75. The van der Waals surface area contributed by atoms with Crippen LogP contribution < -0.4 is 4.90 Å². The summed E-state index contributed by atoms with van der Waals surface area (Å²) in [5.41, 5.74) is 2.10. The van der Waals surface area contributed by atoms with Crippen molar-refractivity contribution >= 4 is 34.5 Å². The monoisotopic (exact) mass is 279 g/mol. The van der Waals surface area contributed by atoms with Gasteiger partial charge in [0.25, 0.3) is 5.91 Å². The molecule has 0 atom stereocenters.